The van der Waals surface area contributed by atoms with Crippen molar-refractivity contribution >= 4 is 5.95 Å². The third-order valence-corrected chi connectivity index (χ3v) is 5.17. The fourth-order valence-electron chi connectivity index (χ4n) is 3.82. The Morgan fingerprint density at radius 3 is 2.79 bits per heavy atom. The Bertz CT molecular complexity index is 697. The highest BCUT2D eigenvalue weighted by atomic mass is 16.5. The lowest BCUT2D eigenvalue weighted by Crippen LogP contribution is -2.41. The molecule has 2 N–H and O–H groups in total. The molecule has 0 saturated carbocycles. The van der Waals surface area contributed by atoms with E-state index < -0.39 is 0 Å². The Labute approximate surface area is 142 Å². The molecule has 0 aliphatic carbocycles. The van der Waals surface area contributed by atoms with Crippen LogP contribution in [0.2, 0.25) is 0 Å². The zero-order valence-electron chi connectivity index (χ0n) is 13.9. The van der Waals surface area contributed by atoms with Crippen molar-refractivity contribution < 1.29 is 4.74 Å². The van der Waals surface area contributed by atoms with Gasteiger partial charge in [-0.3, -0.25) is 4.90 Å². The topological polar surface area (TPSA) is 64.3 Å². The number of aromatic nitrogens is 2. The van der Waals surface area contributed by atoms with Gasteiger partial charge in [-0.25, -0.2) is 9.97 Å². The first kappa shape index (κ1) is 15.4. The molecule has 4 rings (SSSR count). The second-order valence-corrected chi connectivity index (χ2v) is 6.80. The molecule has 2 aromatic rings. The molecule has 0 amide bonds. The Morgan fingerprint density at radius 2 is 1.96 bits per heavy atom. The monoisotopic (exact) mass is 324 g/mol. The van der Waals surface area contributed by atoms with Gasteiger partial charge < -0.3 is 10.5 Å². The maximum atomic E-state index is 6.18. The number of rotatable bonds is 3. The number of nitrogens with two attached hydrogens (primary N) is 1. The molecule has 1 aromatic heterocycles. The summed E-state index contributed by atoms with van der Waals surface area (Å²) in [6.07, 6.45) is 6.56. The number of benzene rings is 1. The zero-order chi connectivity index (χ0) is 16.4. The number of hydrogen-bond acceptors (Lipinski definition) is 5. The highest BCUT2D eigenvalue weighted by Crippen LogP contribution is 2.30. The number of piperidine rings is 1. The standard InChI is InChI=1S/C19H24N4O/c20-19-21-10-7-17(22-19)14-8-11-23(12-9-14)13-16-6-5-15-3-1-2-4-18(15)24-16/h1-4,7,10,14,16H,5-6,8-9,11-13H2,(H2,20,21,22). The summed E-state index contributed by atoms with van der Waals surface area (Å²) in [5.74, 6) is 1.95. The van der Waals surface area contributed by atoms with Gasteiger partial charge in [0, 0.05) is 24.4 Å². The number of nitrogens with zero attached hydrogens (tertiary/aromatic N) is 3. The van der Waals surface area contributed by atoms with Crippen LogP contribution in [0, 0.1) is 0 Å². The lowest BCUT2D eigenvalue weighted by molar-refractivity contribution is 0.0987. The van der Waals surface area contributed by atoms with Gasteiger partial charge in [0.15, 0.2) is 0 Å². The molecule has 1 atom stereocenters. The Balaban J connectivity index is 1.31. The third kappa shape index (κ3) is 3.36. The zero-order valence-corrected chi connectivity index (χ0v) is 13.9. The molecular weight excluding hydrogens is 300 g/mol. The van der Waals surface area contributed by atoms with Crippen molar-refractivity contribution in [3.8, 4) is 5.75 Å². The first-order valence-corrected chi connectivity index (χ1v) is 8.83. The molecule has 2 aliphatic rings. The molecule has 5 nitrogen and oxygen atoms in total. The summed E-state index contributed by atoms with van der Waals surface area (Å²) in [5.41, 5.74) is 8.14. The summed E-state index contributed by atoms with van der Waals surface area (Å²) in [6.45, 7) is 3.21. The van der Waals surface area contributed by atoms with Crippen LogP contribution in [-0.2, 0) is 6.42 Å². The highest BCUT2D eigenvalue weighted by molar-refractivity contribution is 5.35. The van der Waals surface area contributed by atoms with Gasteiger partial charge in [0.2, 0.25) is 5.95 Å². The molecule has 0 radical (unpaired) electrons. The van der Waals surface area contributed by atoms with Crippen LogP contribution in [0.25, 0.3) is 0 Å². The molecular formula is C19H24N4O. The van der Waals surface area contributed by atoms with Crippen molar-refractivity contribution in [3.63, 3.8) is 0 Å². The van der Waals surface area contributed by atoms with E-state index in [-0.39, 0.29) is 0 Å². The van der Waals surface area contributed by atoms with E-state index in [0.717, 1.165) is 56.8 Å². The number of likely N-dealkylation sites (tertiary alicyclic amines) is 1. The van der Waals surface area contributed by atoms with Crippen LogP contribution in [0.15, 0.2) is 36.5 Å². The van der Waals surface area contributed by atoms with Crippen molar-refractivity contribution in [3.05, 3.63) is 47.8 Å². The number of aryl methyl sites for hydroxylation is 1. The van der Waals surface area contributed by atoms with Crippen LogP contribution in [-0.4, -0.2) is 40.6 Å². The highest BCUT2D eigenvalue weighted by Gasteiger charge is 2.26. The van der Waals surface area contributed by atoms with Crippen molar-refractivity contribution in [1.29, 1.82) is 0 Å². The number of hydrogen-bond donors (Lipinski definition) is 1. The second kappa shape index (κ2) is 6.77. The lowest BCUT2D eigenvalue weighted by atomic mass is 9.93. The number of anilines is 1. The van der Waals surface area contributed by atoms with Gasteiger partial charge in [0.25, 0.3) is 0 Å². The molecule has 0 bridgehead atoms. The van der Waals surface area contributed by atoms with Gasteiger partial charge in [0.1, 0.15) is 11.9 Å². The predicted octanol–water partition coefficient (Wildman–Crippen LogP) is 2.63. The molecule has 0 spiro atoms. The summed E-state index contributed by atoms with van der Waals surface area (Å²) in [6, 6.07) is 10.4. The average molecular weight is 324 g/mol. The normalized spacial score (nSPS) is 21.9. The van der Waals surface area contributed by atoms with Crippen LogP contribution >= 0.6 is 0 Å². The summed E-state index contributed by atoms with van der Waals surface area (Å²) >= 11 is 0. The fraction of sp³-hybridized carbons (Fsp3) is 0.474. The van der Waals surface area contributed by atoms with Crippen molar-refractivity contribution in [2.75, 3.05) is 25.4 Å². The lowest BCUT2D eigenvalue weighted by Gasteiger charge is -2.35. The largest absolute Gasteiger partial charge is 0.489 e. The van der Waals surface area contributed by atoms with E-state index in [1.165, 1.54) is 5.56 Å². The van der Waals surface area contributed by atoms with Gasteiger partial charge in [-0.2, -0.15) is 0 Å². The quantitative estimate of drug-likeness (QED) is 0.940. The Morgan fingerprint density at radius 1 is 1.12 bits per heavy atom. The third-order valence-electron chi connectivity index (χ3n) is 5.17. The summed E-state index contributed by atoms with van der Waals surface area (Å²) in [7, 11) is 0. The average Bonchev–Trinajstić information content (AvgIpc) is 2.62. The first-order valence-electron chi connectivity index (χ1n) is 8.83. The fourth-order valence-corrected chi connectivity index (χ4v) is 3.82. The molecule has 1 fully saturated rings. The maximum absolute atomic E-state index is 6.18. The van der Waals surface area contributed by atoms with Crippen molar-refractivity contribution in [2.24, 2.45) is 0 Å². The van der Waals surface area contributed by atoms with E-state index in [1.54, 1.807) is 6.20 Å². The molecule has 24 heavy (non-hydrogen) atoms. The summed E-state index contributed by atoms with van der Waals surface area (Å²) < 4.78 is 6.18. The van der Waals surface area contributed by atoms with Crippen LogP contribution in [0.1, 0.15) is 36.4 Å². The molecule has 126 valence electrons. The number of ether oxygens (including phenoxy) is 1. The first-order chi connectivity index (χ1) is 11.8. The van der Waals surface area contributed by atoms with Gasteiger partial charge in [-0.15, -0.1) is 0 Å². The Kier molecular flexibility index (Phi) is 4.34. The Hall–Kier alpha value is -2.14. The van der Waals surface area contributed by atoms with Gasteiger partial charge >= 0.3 is 0 Å². The molecule has 1 unspecified atom stereocenters. The van der Waals surface area contributed by atoms with Crippen LogP contribution in [0.4, 0.5) is 5.95 Å². The molecule has 2 aliphatic heterocycles. The number of fused-ring (bicyclic) bond motifs is 1. The van der Waals surface area contributed by atoms with E-state index in [0.29, 0.717) is 18.0 Å². The summed E-state index contributed by atoms with van der Waals surface area (Å²) in [4.78, 5) is 10.9. The van der Waals surface area contributed by atoms with Crippen LogP contribution in [0.5, 0.6) is 5.75 Å². The predicted molar refractivity (Wildman–Crippen MR) is 94.0 cm³/mol. The minimum absolute atomic E-state index is 0.311. The molecule has 1 aromatic carbocycles. The van der Waals surface area contributed by atoms with E-state index in [2.05, 4.69) is 39.1 Å². The van der Waals surface area contributed by atoms with E-state index in [9.17, 15) is 0 Å². The minimum atomic E-state index is 0.311. The van der Waals surface area contributed by atoms with E-state index >= 15 is 0 Å². The van der Waals surface area contributed by atoms with Crippen LogP contribution < -0.4 is 10.5 Å². The van der Waals surface area contributed by atoms with E-state index in [4.69, 9.17) is 10.5 Å². The van der Waals surface area contributed by atoms with Gasteiger partial charge in [-0.05, 0) is 56.5 Å². The summed E-state index contributed by atoms with van der Waals surface area (Å²) in [5, 5.41) is 0. The SMILES string of the molecule is Nc1nccc(C2CCN(CC3CCc4ccccc4O3)CC2)n1. The number of nitrogen functional groups attached to an aromatic ring is 1. The second-order valence-electron chi connectivity index (χ2n) is 6.80. The molecule has 3 heterocycles. The van der Waals surface area contributed by atoms with Crippen LogP contribution in [0.3, 0.4) is 0 Å². The smallest absolute Gasteiger partial charge is 0.220 e. The molecule has 5 heteroatoms. The minimum Gasteiger partial charge on any atom is -0.489 e. The maximum Gasteiger partial charge on any atom is 0.220 e. The molecule has 1 saturated heterocycles. The van der Waals surface area contributed by atoms with E-state index in [1.807, 2.05) is 6.07 Å². The van der Waals surface area contributed by atoms with Gasteiger partial charge in [0.05, 0.1) is 0 Å². The van der Waals surface area contributed by atoms with Crippen molar-refractivity contribution in [1.82, 2.24) is 14.9 Å². The van der Waals surface area contributed by atoms with Gasteiger partial charge in [-0.1, -0.05) is 18.2 Å². The number of para-hydroxylation sites is 1. The van der Waals surface area contributed by atoms with Crippen molar-refractivity contribution in [2.45, 2.75) is 37.7 Å².